The topological polar surface area (TPSA) is 113 Å². The van der Waals surface area contributed by atoms with Crippen molar-refractivity contribution < 1.29 is 31.8 Å². The van der Waals surface area contributed by atoms with Gasteiger partial charge in [0.1, 0.15) is 17.2 Å². The van der Waals surface area contributed by atoms with Crippen LogP contribution in [0.5, 0.6) is 0 Å². The first-order valence-electron chi connectivity index (χ1n) is 11.2. The molecule has 3 rings (SSSR count). The molecule has 1 aliphatic rings. The number of benzene rings is 2. The molecule has 0 radical (unpaired) electrons. The number of rotatable bonds is 6. The van der Waals surface area contributed by atoms with Crippen molar-refractivity contribution in [3.8, 4) is 0 Å². The Balaban J connectivity index is 1.87. The molecular weight excluding hydrogens is 480 g/mol. The molecule has 0 saturated carbocycles. The van der Waals surface area contributed by atoms with Crippen molar-refractivity contribution in [3.05, 3.63) is 65.7 Å². The number of ether oxygens (including phenoxy) is 1. The van der Waals surface area contributed by atoms with Gasteiger partial charge in [0.05, 0.1) is 17.0 Å². The van der Waals surface area contributed by atoms with E-state index in [1.807, 2.05) is 0 Å². The van der Waals surface area contributed by atoms with E-state index < -0.39 is 51.5 Å². The first kappa shape index (κ1) is 27.0. The number of nitrogens with two attached hydrogens (primary N) is 1. The van der Waals surface area contributed by atoms with Crippen LogP contribution >= 0.6 is 0 Å². The fraction of sp³-hybridized carbons (Fsp3) is 0.458. The molecule has 3 atom stereocenters. The second-order valence-corrected chi connectivity index (χ2v) is 11.5. The molecule has 0 aliphatic carbocycles. The van der Waals surface area contributed by atoms with Crippen molar-refractivity contribution in [2.75, 3.05) is 19.6 Å². The minimum absolute atomic E-state index is 0.00988. The summed E-state index contributed by atoms with van der Waals surface area (Å²) in [6, 6.07) is 8.66. The van der Waals surface area contributed by atoms with Gasteiger partial charge in [-0.2, -0.15) is 4.31 Å². The van der Waals surface area contributed by atoms with Crippen LogP contribution in [-0.4, -0.2) is 72.2 Å². The lowest BCUT2D eigenvalue weighted by molar-refractivity contribution is -0.0270. The van der Waals surface area contributed by atoms with Crippen LogP contribution in [0.25, 0.3) is 0 Å². The van der Waals surface area contributed by atoms with Crippen LogP contribution in [0.3, 0.4) is 0 Å². The smallest absolute Gasteiger partial charge is 0.410 e. The Hall–Kier alpha value is -2.60. The van der Waals surface area contributed by atoms with Gasteiger partial charge < -0.3 is 15.6 Å². The van der Waals surface area contributed by atoms with Crippen LogP contribution in [0.2, 0.25) is 0 Å². The maximum absolute atomic E-state index is 13.6. The number of nitrogens with zero attached hydrogens (tertiary/aromatic N) is 2. The third kappa shape index (κ3) is 6.75. The molecule has 0 spiro atoms. The molecule has 1 heterocycles. The Morgan fingerprint density at radius 3 is 2.31 bits per heavy atom. The zero-order valence-electron chi connectivity index (χ0n) is 19.9. The average Bonchev–Trinajstić information content (AvgIpc) is 2.76. The van der Waals surface area contributed by atoms with Gasteiger partial charge in [-0.25, -0.2) is 22.0 Å². The van der Waals surface area contributed by atoms with Crippen molar-refractivity contribution in [2.24, 2.45) is 5.73 Å². The highest BCUT2D eigenvalue weighted by molar-refractivity contribution is 7.89. The molecule has 2 aromatic rings. The van der Waals surface area contributed by atoms with Gasteiger partial charge in [0, 0.05) is 31.7 Å². The van der Waals surface area contributed by atoms with E-state index in [2.05, 4.69) is 0 Å². The number of piperazine rings is 1. The van der Waals surface area contributed by atoms with E-state index in [0.29, 0.717) is 0 Å². The minimum Gasteiger partial charge on any atom is -0.444 e. The summed E-state index contributed by atoms with van der Waals surface area (Å²) in [5.41, 5.74) is 5.60. The van der Waals surface area contributed by atoms with Crippen LogP contribution < -0.4 is 5.73 Å². The van der Waals surface area contributed by atoms with Crippen molar-refractivity contribution in [3.63, 3.8) is 0 Å². The van der Waals surface area contributed by atoms with E-state index >= 15 is 0 Å². The van der Waals surface area contributed by atoms with Crippen LogP contribution in [0, 0.1) is 11.6 Å². The van der Waals surface area contributed by atoms with Crippen molar-refractivity contribution in [1.29, 1.82) is 0 Å². The monoisotopic (exact) mass is 511 g/mol. The summed E-state index contributed by atoms with van der Waals surface area (Å²) in [6.07, 6.45) is -2.23. The van der Waals surface area contributed by atoms with Gasteiger partial charge in [0.2, 0.25) is 10.0 Å². The molecule has 1 unspecified atom stereocenters. The number of amides is 1. The molecule has 192 valence electrons. The summed E-state index contributed by atoms with van der Waals surface area (Å²) < 4.78 is 60.3. The SMILES string of the molecule is CC(C)(C)OC(=O)N1CCN(S(=O)(=O)c2ccccc2)C[C@@H]1[C@@H](O)C(N)Cc1cc(F)cc(F)c1. The number of hydrogen-bond acceptors (Lipinski definition) is 6. The molecule has 1 aliphatic heterocycles. The van der Waals surface area contributed by atoms with Crippen LogP contribution in [0.4, 0.5) is 13.6 Å². The fourth-order valence-electron chi connectivity index (χ4n) is 3.99. The van der Waals surface area contributed by atoms with E-state index in [0.717, 1.165) is 18.2 Å². The maximum Gasteiger partial charge on any atom is 0.410 e. The maximum atomic E-state index is 13.6. The lowest BCUT2D eigenvalue weighted by atomic mass is 9.95. The van der Waals surface area contributed by atoms with Gasteiger partial charge >= 0.3 is 6.09 Å². The predicted octanol–water partition coefficient (Wildman–Crippen LogP) is 2.51. The second-order valence-electron chi connectivity index (χ2n) is 9.55. The summed E-state index contributed by atoms with van der Waals surface area (Å²) >= 11 is 0. The van der Waals surface area contributed by atoms with Crippen LogP contribution in [0.15, 0.2) is 53.4 Å². The molecule has 1 fully saturated rings. The van der Waals surface area contributed by atoms with Crippen molar-refractivity contribution in [2.45, 2.75) is 55.9 Å². The summed E-state index contributed by atoms with van der Waals surface area (Å²) in [6.45, 7) is 4.79. The number of hydrogen-bond donors (Lipinski definition) is 2. The average molecular weight is 512 g/mol. The van der Waals surface area contributed by atoms with Crippen LogP contribution in [0.1, 0.15) is 26.3 Å². The van der Waals surface area contributed by atoms with Crippen molar-refractivity contribution >= 4 is 16.1 Å². The van der Waals surface area contributed by atoms with E-state index in [1.165, 1.54) is 21.3 Å². The number of carbonyl (C=O) groups is 1. The van der Waals surface area contributed by atoms with Crippen LogP contribution in [-0.2, 0) is 21.2 Å². The largest absolute Gasteiger partial charge is 0.444 e. The van der Waals surface area contributed by atoms with E-state index in [1.54, 1.807) is 39.0 Å². The van der Waals surface area contributed by atoms with Crippen molar-refractivity contribution in [1.82, 2.24) is 9.21 Å². The molecular formula is C24H31F2N3O5S. The number of aliphatic hydroxyl groups excluding tert-OH is 1. The molecule has 1 amide bonds. The molecule has 2 aromatic carbocycles. The fourth-order valence-corrected chi connectivity index (χ4v) is 5.46. The number of aliphatic hydroxyl groups is 1. The number of halogens is 2. The van der Waals surface area contributed by atoms with Gasteiger partial charge in [0.25, 0.3) is 0 Å². The predicted molar refractivity (Wildman–Crippen MR) is 126 cm³/mol. The Bertz CT molecular complexity index is 1120. The Morgan fingerprint density at radius 1 is 1.14 bits per heavy atom. The third-order valence-corrected chi connectivity index (χ3v) is 7.50. The molecule has 0 bridgehead atoms. The Kier molecular flexibility index (Phi) is 8.15. The quantitative estimate of drug-likeness (QED) is 0.616. The standard InChI is InChI=1S/C24H31F2N3O5S/c1-24(2,3)34-23(31)29-10-9-28(35(32,33)19-7-5-4-6-8-19)15-21(29)22(30)20(27)13-16-11-17(25)14-18(26)12-16/h4-8,11-12,14,20-22,30H,9-10,13,15,27H2,1-3H3/t20?,21-,22+/m1/s1. The molecule has 3 N–H and O–H groups in total. The normalized spacial score (nSPS) is 19.3. The highest BCUT2D eigenvalue weighted by atomic mass is 32.2. The minimum atomic E-state index is -3.91. The van der Waals surface area contributed by atoms with Gasteiger partial charge in [0.15, 0.2) is 0 Å². The highest BCUT2D eigenvalue weighted by Crippen LogP contribution is 2.25. The molecule has 35 heavy (non-hydrogen) atoms. The zero-order valence-corrected chi connectivity index (χ0v) is 20.7. The van der Waals surface area contributed by atoms with Gasteiger partial charge in [-0.1, -0.05) is 18.2 Å². The summed E-state index contributed by atoms with van der Waals surface area (Å²) in [5.74, 6) is -1.57. The summed E-state index contributed by atoms with van der Waals surface area (Å²) in [4.78, 5) is 14.3. The van der Waals surface area contributed by atoms with E-state index in [-0.39, 0.29) is 36.5 Å². The van der Waals surface area contributed by atoms with E-state index in [4.69, 9.17) is 10.5 Å². The number of sulfonamides is 1. The molecule has 11 heteroatoms. The first-order chi connectivity index (χ1) is 16.3. The molecule has 8 nitrogen and oxygen atoms in total. The Morgan fingerprint density at radius 2 is 1.74 bits per heavy atom. The first-order valence-corrected chi connectivity index (χ1v) is 12.7. The van der Waals surface area contributed by atoms with E-state index in [9.17, 15) is 27.1 Å². The lowest BCUT2D eigenvalue weighted by Crippen LogP contribution is -2.64. The summed E-state index contributed by atoms with van der Waals surface area (Å²) in [7, 11) is -3.91. The molecule has 1 saturated heterocycles. The second kappa shape index (κ2) is 10.6. The Labute approximate surface area is 204 Å². The molecule has 0 aromatic heterocycles. The van der Waals surface area contributed by atoms with Gasteiger partial charge in [-0.3, -0.25) is 4.90 Å². The lowest BCUT2D eigenvalue weighted by Gasteiger charge is -2.44. The third-order valence-electron chi connectivity index (χ3n) is 5.62. The number of carbonyl (C=O) groups excluding carboxylic acids is 1. The van der Waals surface area contributed by atoms with Gasteiger partial charge in [-0.05, 0) is 57.0 Å². The zero-order chi connectivity index (χ0) is 26.0. The summed E-state index contributed by atoms with van der Waals surface area (Å²) in [5, 5.41) is 11.1. The van der Waals surface area contributed by atoms with Gasteiger partial charge in [-0.15, -0.1) is 0 Å². The highest BCUT2D eigenvalue weighted by Gasteiger charge is 2.42.